The average molecular weight is 250 g/mol. The Morgan fingerprint density at radius 1 is 1.41 bits per heavy atom. The van der Waals surface area contributed by atoms with Gasteiger partial charge in [-0.1, -0.05) is 17.7 Å². The number of hydrogen-bond acceptors (Lipinski definition) is 2. The van der Waals surface area contributed by atoms with E-state index in [-0.39, 0.29) is 0 Å². The molecular formula is C13H12ClNO2. The van der Waals surface area contributed by atoms with Gasteiger partial charge in [-0.2, -0.15) is 0 Å². The third-order valence-corrected chi connectivity index (χ3v) is 3.22. The molecule has 0 bridgehead atoms. The molecule has 1 atom stereocenters. The van der Waals surface area contributed by atoms with Gasteiger partial charge in [0.15, 0.2) is 0 Å². The molecule has 0 aliphatic heterocycles. The molecular weight excluding hydrogens is 238 g/mol. The molecule has 0 spiro atoms. The number of hydrogen-bond donors (Lipinski definition) is 1. The van der Waals surface area contributed by atoms with Crippen LogP contribution in [0.25, 0.3) is 10.9 Å². The average Bonchev–Trinajstić information content (AvgIpc) is 2.29. The lowest BCUT2D eigenvalue weighted by atomic mass is 9.99. The van der Waals surface area contributed by atoms with Gasteiger partial charge in [-0.05, 0) is 43.2 Å². The first-order valence-corrected chi connectivity index (χ1v) is 5.66. The minimum Gasteiger partial charge on any atom is -0.481 e. The number of rotatable bonds is 2. The summed E-state index contributed by atoms with van der Waals surface area (Å²) in [6, 6.07) is 7.35. The summed E-state index contributed by atoms with van der Waals surface area (Å²) in [6.45, 7) is 3.54. The van der Waals surface area contributed by atoms with E-state index in [1.54, 1.807) is 19.1 Å². The fourth-order valence-corrected chi connectivity index (χ4v) is 1.83. The van der Waals surface area contributed by atoms with Crippen LogP contribution in [-0.4, -0.2) is 16.1 Å². The maximum atomic E-state index is 10.9. The third-order valence-electron chi connectivity index (χ3n) is 2.84. The molecule has 1 aromatic heterocycles. The van der Waals surface area contributed by atoms with E-state index in [2.05, 4.69) is 4.98 Å². The minimum absolute atomic E-state index is 0.483. The van der Waals surface area contributed by atoms with Gasteiger partial charge in [-0.15, -0.1) is 0 Å². The molecule has 0 amide bonds. The Hall–Kier alpha value is -1.61. The van der Waals surface area contributed by atoms with Crippen LogP contribution < -0.4 is 0 Å². The minimum atomic E-state index is -0.831. The molecule has 17 heavy (non-hydrogen) atoms. The number of aryl methyl sites for hydroxylation is 1. The highest BCUT2D eigenvalue weighted by molar-refractivity contribution is 6.30. The molecule has 2 aromatic rings. The van der Waals surface area contributed by atoms with Gasteiger partial charge in [0.05, 0.1) is 11.4 Å². The van der Waals surface area contributed by atoms with Crippen molar-refractivity contribution in [2.45, 2.75) is 19.8 Å². The van der Waals surface area contributed by atoms with Crippen LogP contribution in [0.3, 0.4) is 0 Å². The van der Waals surface area contributed by atoms with Gasteiger partial charge in [0.1, 0.15) is 5.15 Å². The van der Waals surface area contributed by atoms with Crippen LogP contribution in [0.15, 0.2) is 24.3 Å². The van der Waals surface area contributed by atoms with E-state index < -0.39 is 11.9 Å². The highest BCUT2D eigenvalue weighted by atomic mass is 35.5. The van der Waals surface area contributed by atoms with Gasteiger partial charge < -0.3 is 5.11 Å². The molecule has 0 saturated carbocycles. The first kappa shape index (κ1) is 11.9. The second-order valence-corrected chi connectivity index (χ2v) is 4.47. The van der Waals surface area contributed by atoms with Crippen LogP contribution >= 0.6 is 11.6 Å². The number of halogens is 1. The molecule has 2 rings (SSSR count). The molecule has 4 heteroatoms. The number of pyridine rings is 1. The van der Waals surface area contributed by atoms with Crippen LogP contribution in [0.4, 0.5) is 0 Å². The summed E-state index contributed by atoms with van der Waals surface area (Å²) in [7, 11) is 0. The van der Waals surface area contributed by atoms with E-state index in [1.165, 1.54) is 0 Å². The summed E-state index contributed by atoms with van der Waals surface area (Å²) in [6.07, 6.45) is 0. The van der Waals surface area contributed by atoms with Crippen molar-refractivity contribution in [1.82, 2.24) is 4.98 Å². The molecule has 1 heterocycles. The third kappa shape index (κ3) is 2.24. The van der Waals surface area contributed by atoms with Crippen molar-refractivity contribution < 1.29 is 9.90 Å². The maximum Gasteiger partial charge on any atom is 0.310 e. The van der Waals surface area contributed by atoms with Crippen LogP contribution in [0.1, 0.15) is 24.0 Å². The molecule has 0 fully saturated rings. The summed E-state index contributed by atoms with van der Waals surface area (Å²) < 4.78 is 0. The largest absolute Gasteiger partial charge is 0.481 e. The summed E-state index contributed by atoms with van der Waals surface area (Å²) in [5.41, 5.74) is 2.44. The smallest absolute Gasteiger partial charge is 0.310 e. The Kier molecular flexibility index (Phi) is 3.03. The quantitative estimate of drug-likeness (QED) is 0.830. The van der Waals surface area contributed by atoms with Crippen molar-refractivity contribution in [2.75, 3.05) is 0 Å². The summed E-state index contributed by atoms with van der Waals surface area (Å²) in [4.78, 5) is 15.2. The lowest BCUT2D eigenvalue weighted by molar-refractivity contribution is -0.138. The first-order valence-electron chi connectivity index (χ1n) is 5.28. The Morgan fingerprint density at radius 3 is 2.76 bits per heavy atom. The van der Waals surface area contributed by atoms with E-state index >= 15 is 0 Å². The maximum absolute atomic E-state index is 10.9. The predicted octanol–water partition coefficient (Wildman–Crippen LogP) is 3.38. The summed E-state index contributed by atoms with van der Waals surface area (Å²) in [5, 5.41) is 10.4. The first-order chi connectivity index (χ1) is 7.99. The number of benzene rings is 1. The van der Waals surface area contributed by atoms with E-state index in [1.807, 2.05) is 19.1 Å². The molecule has 0 radical (unpaired) electrons. The Morgan fingerprint density at radius 2 is 2.12 bits per heavy atom. The lowest BCUT2D eigenvalue weighted by Crippen LogP contribution is -2.07. The predicted molar refractivity (Wildman–Crippen MR) is 67.5 cm³/mol. The molecule has 1 N–H and O–H groups in total. The number of fused-ring (bicyclic) bond motifs is 1. The zero-order valence-corrected chi connectivity index (χ0v) is 10.3. The van der Waals surface area contributed by atoms with E-state index in [0.717, 1.165) is 22.0 Å². The van der Waals surface area contributed by atoms with Gasteiger partial charge in [-0.3, -0.25) is 4.79 Å². The van der Waals surface area contributed by atoms with Crippen molar-refractivity contribution in [3.05, 3.63) is 40.5 Å². The van der Waals surface area contributed by atoms with Gasteiger partial charge in [0.2, 0.25) is 0 Å². The fourth-order valence-electron chi connectivity index (χ4n) is 1.69. The molecule has 0 saturated heterocycles. The SMILES string of the molecule is Cc1cc2cc(C(C)C(=O)O)ccc2nc1Cl. The van der Waals surface area contributed by atoms with Crippen LogP contribution in [0, 0.1) is 6.92 Å². The summed E-state index contributed by atoms with van der Waals surface area (Å²) in [5.74, 6) is -1.35. The molecule has 0 aliphatic rings. The monoisotopic (exact) mass is 249 g/mol. The Balaban J connectivity index is 2.57. The van der Waals surface area contributed by atoms with Gasteiger partial charge in [0.25, 0.3) is 0 Å². The topological polar surface area (TPSA) is 50.2 Å². The van der Waals surface area contributed by atoms with E-state index in [0.29, 0.717) is 5.15 Å². The van der Waals surface area contributed by atoms with Crippen molar-refractivity contribution >= 4 is 28.5 Å². The highest BCUT2D eigenvalue weighted by Crippen LogP contribution is 2.24. The Bertz CT molecular complexity index is 595. The van der Waals surface area contributed by atoms with Gasteiger partial charge >= 0.3 is 5.97 Å². The molecule has 0 aliphatic carbocycles. The highest BCUT2D eigenvalue weighted by Gasteiger charge is 2.14. The van der Waals surface area contributed by atoms with Gasteiger partial charge in [0, 0.05) is 5.39 Å². The lowest BCUT2D eigenvalue weighted by Gasteiger charge is -2.08. The second kappa shape index (κ2) is 4.34. The Labute approximate surface area is 104 Å². The zero-order valence-electron chi connectivity index (χ0n) is 9.57. The standard InChI is InChI=1S/C13H12ClNO2/c1-7-5-10-6-9(8(2)13(16)17)3-4-11(10)15-12(7)14/h3-6,8H,1-2H3,(H,16,17). The van der Waals surface area contributed by atoms with Crippen molar-refractivity contribution in [3.63, 3.8) is 0 Å². The van der Waals surface area contributed by atoms with Crippen molar-refractivity contribution in [3.8, 4) is 0 Å². The molecule has 1 unspecified atom stereocenters. The molecule has 88 valence electrons. The fraction of sp³-hybridized carbons (Fsp3) is 0.231. The zero-order chi connectivity index (χ0) is 12.6. The number of carboxylic acid groups (broad SMARTS) is 1. The van der Waals surface area contributed by atoms with E-state index in [4.69, 9.17) is 16.7 Å². The summed E-state index contributed by atoms with van der Waals surface area (Å²) >= 11 is 5.94. The second-order valence-electron chi connectivity index (χ2n) is 4.11. The van der Waals surface area contributed by atoms with Gasteiger partial charge in [-0.25, -0.2) is 4.98 Å². The molecule has 1 aromatic carbocycles. The number of nitrogens with zero attached hydrogens (tertiary/aromatic N) is 1. The number of aliphatic carboxylic acids is 1. The van der Waals surface area contributed by atoms with Crippen molar-refractivity contribution in [2.24, 2.45) is 0 Å². The van der Waals surface area contributed by atoms with Crippen LogP contribution in [-0.2, 0) is 4.79 Å². The van der Waals surface area contributed by atoms with E-state index in [9.17, 15) is 4.79 Å². The van der Waals surface area contributed by atoms with Crippen molar-refractivity contribution in [1.29, 1.82) is 0 Å². The number of carbonyl (C=O) groups is 1. The number of aromatic nitrogens is 1. The normalized spacial score (nSPS) is 12.6. The van der Waals surface area contributed by atoms with Crippen LogP contribution in [0.5, 0.6) is 0 Å². The molecule has 3 nitrogen and oxygen atoms in total. The number of carboxylic acids is 1. The van der Waals surface area contributed by atoms with Crippen LogP contribution in [0.2, 0.25) is 5.15 Å².